The van der Waals surface area contributed by atoms with Gasteiger partial charge in [-0.2, -0.15) is 12.6 Å². The third-order valence-corrected chi connectivity index (χ3v) is 5.38. The van der Waals surface area contributed by atoms with E-state index in [2.05, 4.69) is 33.6 Å². The van der Waals surface area contributed by atoms with E-state index in [0.717, 1.165) is 10.9 Å². The fourth-order valence-corrected chi connectivity index (χ4v) is 3.51. The Morgan fingerprint density at radius 3 is 2.24 bits per heavy atom. The van der Waals surface area contributed by atoms with Gasteiger partial charge in [-0.05, 0) is 18.1 Å². The van der Waals surface area contributed by atoms with Crippen LogP contribution in [0, 0.1) is 0 Å². The van der Waals surface area contributed by atoms with Crippen molar-refractivity contribution in [1.29, 1.82) is 0 Å². The van der Waals surface area contributed by atoms with Gasteiger partial charge in [0.15, 0.2) is 0 Å². The molecule has 13 heteroatoms. The van der Waals surface area contributed by atoms with Crippen LogP contribution >= 0.6 is 12.6 Å². The number of carboxylic acids is 2. The SMILES string of the molecule is NCC(=O)NC(CCC(=O)O)C(=O)NC(CS)C(=O)NC(Cc1c[nH]c2ccccc12)C(=O)O. The summed E-state index contributed by atoms with van der Waals surface area (Å²) < 4.78 is 0. The molecule has 1 heterocycles. The average molecular weight is 494 g/mol. The molecule has 0 spiro atoms. The smallest absolute Gasteiger partial charge is 0.326 e. The van der Waals surface area contributed by atoms with E-state index in [1.807, 2.05) is 24.3 Å². The van der Waals surface area contributed by atoms with Crippen molar-refractivity contribution in [2.45, 2.75) is 37.4 Å². The van der Waals surface area contributed by atoms with E-state index in [-0.39, 0.29) is 18.6 Å². The summed E-state index contributed by atoms with van der Waals surface area (Å²) in [6, 6.07) is 3.54. The number of carbonyl (C=O) groups excluding carboxylic acids is 3. The van der Waals surface area contributed by atoms with Crippen LogP contribution in [0.15, 0.2) is 30.5 Å². The number of nitrogens with one attached hydrogen (secondary N) is 4. The van der Waals surface area contributed by atoms with Gasteiger partial charge >= 0.3 is 11.9 Å². The number of aromatic nitrogens is 1. The van der Waals surface area contributed by atoms with Crippen molar-refractivity contribution < 1.29 is 34.2 Å². The molecule has 8 N–H and O–H groups in total. The van der Waals surface area contributed by atoms with Crippen LogP contribution in [0.5, 0.6) is 0 Å². The maximum absolute atomic E-state index is 12.7. The first kappa shape index (κ1) is 26.7. The van der Waals surface area contributed by atoms with E-state index in [1.165, 1.54) is 0 Å². The second-order valence-electron chi connectivity index (χ2n) is 7.46. The van der Waals surface area contributed by atoms with Crippen molar-refractivity contribution in [3.05, 3.63) is 36.0 Å². The lowest BCUT2D eigenvalue weighted by Crippen LogP contribution is -2.57. The number of thiol groups is 1. The van der Waals surface area contributed by atoms with Crippen LogP contribution in [0.25, 0.3) is 10.9 Å². The largest absolute Gasteiger partial charge is 0.481 e. The number of amides is 3. The van der Waals surface area contributed by atoms with E-state index in [9.17, 15) is 29.1 Å². The zero-order valence-corrected chi connectivity index (χ0v) is 19.0. The lowest BCUT2D eigenvalue weighted by molar-refractivity contribution is -0.142. The van der Waals surface area contributed by atoms with Gasteiger partial charge in [0.05, 0.1) is 6.54 Å². The van der Waals surface area contributed by atoms with Crippen molar-refractivity contribution >= 4 is 53.2 Å². The molecule has 3 atom stereocenters. The summed E-state index contributed by atoms with van der Waals surface area (Å²) in [6.45, 7) is -0.415. The molecule has 0 saturated carbocycles. The van der Waals surface area contributed by atoms with Crippen LogP contribution in [-0.2, 0) is 30.4 Å². The number of nitrogens with two attached hydrogens (primary N) is 1. The Hall–Kier alpha value is -3.58. The molecule has 2 aromatic rings. The molecular weight excluding hydrogens is 466 g/mol. The maximum Gasteiger partial charge on any atom is 0.326 e. The van der Waals surface area contributed by atoms with Gasteiger partial charge in [0.1, 0.15) is 18.1 Å². The Morgan fingerprint density at radius 1 is 0.971 bits per heavy atom. The van der Waals surface area contributed by atoms with Gasteiger partial charge in [0, 0.05) is 35.7 Å². The summed E-state index contributed by atoms with van der Waals surface area (Å²) >= 11 is 4.05. The van der Waals surface area contributed by atoms with E-state index in [1.54, 1.807) is 6.20 Å². The number of H-pyrrole nitrogens is 1. The number of aliphatic carboxylic acids is 2. The van der Waals surface area contributed by atoms with Gasteiger partial charge in [-0.15, -0.1) is 0 Å². The third-order valence-electron chi connectivity index (χ3n) is 5.01. The summed E-state index contributed by atoms with van der Waals surface area (Å²) in [4.78, 5) is 62.6. The highest BCUT2D eigenvalue weighted by Crippen LogP contribution is 2.19. The number of aromatic amines is 1. The summed E-state index contributed by atoms with van der Waals surface area (Å²) in [6.07, 6.45) is 1.02. The number of carbonyl (C=O) groups is 5. The van der Waals surface area contributed by atoms with Crippen molar-refractivity contribution in [2.24, 2.45) is 5.73 Å². The number of benzene rings is 1. The number of rotatable bonds is 13. The highest BCUT2D eigenvalue weighted by Gasteiger charge is 2.29. The number of hydrogen-bond donors (Lipinski definition) is 8. The van der Waals surface area contributed by atoms with Gasteiger partial charge in [-0.25, -0.2) is 4.79 Å². The number of hydrogen-bond acceptors (Lipinski definition) is 7. The normalized spacial score (nSPS) is 13.5. The highest BCUT2D eigenvalue weighted by molar-refractivity contribution is 7.80. The minimum absolute atomic E-state index is 0.00782. The van der Waals surface area contributed by atoms with E-state index in [4.69, 9.17) is 10.8 Å². The molecule has 0 bridgehead atoms. The summed E-state index contributed by atoms with van der Waals surface area (Å²) in [7, 11) is 0. The molecule has 1 aromatic heterocycles. The molecule has 0 aliphatic carbocycles. The molecule has 184 valence electrons. The maximum atomic E-state index is 12.7. The Bertz CT molecular complexity index is 1060. The Balaban J connectivity index is 2.08. The second-order valence-corrected chi connectivity index (χ2v) is 7.83. The molecule has 0 aliphatic rings. The molecule has 0 aliphatic heterocycles. The van der Waals surface area contributed by atoms with E-state index >= 15 is 0 Å². The summed E-state index contributed by atoms with van der Waals surface area (Å²) in [5.41, 5.74) is 6.74. The Labute approximate surface area is 200 Å². The Kier molecular flexibility index (Phi) is 9.89. The second kappa shape index (κ2) is 12.6. The number of fused-ring (bicyclic) bond motifs is 1. The van der Waals surface area contributed by atoms with Gasteiger partial charge in [0.25, 0.3) is 0 Å². The first-order valence-corrected chi connectivity index (χ1v) is 11.0. The lowest BCUT2D eigenvalue weighted by atomic mass is 10.0. The molecule has 1 aromatic carbocycles. The topological polar surface area (TPSA) is 204 Å². The Morgan fingerprint density at radius 2 is 1.62 bits per heavy atom. The molecule has 34 heavy (non-hydrogen) atoms. The van der Waals surface area contributed by atoms with Crippen molar-refractivity contribution in [2.75, 3.05) is 12.3 Å². The minimum atomic E-state index is -1.29. The van der Waals surface area contributed by atoms with Gasteiger partial charge in [-0.1, -0.05) is 18.2 Å². The van der Waals surface area contributed by atoms with E-state index < -0.39 is 60.8 Å². The van der Waals surface area contributed by atoms with Gasteiger partial charge in [0.2, 0.25) is 17.7 Å². The lowest BCUT2D eigenvalue weighted by Gasteiger charge is -2.23. The van der Waals surface area contributed by atoms with Gasteiger partial charge < -0.3 is 36.9 Å². The third kappa shape index (κ3) is 7.49. The van der Waals surface area contributed by atoms with Crippen LogP contribution in [0.2, 0.25) is 0 Å². The number of para-hydroxylation sites is 1. The van der Waals surface area contributed by atoms with Crippen LogP contribution in [0.4, 0.5) is 0 Å². The van der Waals surface area contributed by atoms with Crippen molar-refractivity contribution in [3.63, 3.8) is 0 Å². The zero-order chi connectivity index (χ0) is 25.3. The minimum Gasteiger partial charge on any atom is -0.481 e. The summed E-state index contributed by atoms with van der Waals surface area (Å²) in [5, 5.41) is 26.4. The van der Waals surface area contributed by atoms with Crippen LogP contribution < -0.4 is 21.7 Å². The fraction of sp³-hybridized carbons (Fsp3) is 0.381. The van der Waals surface area contributed by atoms with Crippen LogP contribution in [-0.4, -0.2) is 75.3 Å². The quantitative estimate of drug-likeness (QED) is 0.162. The molecule has 0 fully saturated rings. The van der Waals surface area contributed by atoms with Crippen LogP contribution in [0.3, 0.4) is 0 Å². The number of carboxylic acid groups (broad SMARTS) is 2. The molecule has 2 rings (SSSR count). The van der Waals surface area contributed by atoms with Crippen molar-refractivity contribution in [3.8, 4) is 0 Å². The van der Waals surface area contributed by atoms with E-state index in [0.29, 0.717) is 5.56 Å². The van der Waals surface area contributed by atoms with Gasteiger partial charge in [-0.3, -0.25) is 19.2 Å². The monoisotopic (exact) mass is 493 g/mol. The predicted molar refractivity (Wildman–Crippen MR) is 125 cm³/mol. The molecular formula is C21H27N5O7S. The fourth-order valence-electron chi connectivity index (χ4n) is 3.25. The highest BCUT2D eigenvalue weighted by atomic mass is 32.1. The first-order valence-electron chi connectivity index (χ1n) is 10.4. The van der Waals surface area contributed by atoms with Crippen LogP contribution in [0.1, 0.15) is 18.4 Å². The average Bonchev–Trinajstić information content (AvgIpc) is 3.21. The molecule has 0 saturated heterocycles. The molecule has 3 amide bonds. The zero-order valence-electron chi connectivity index (χ0n) is 18.1. The van der Waals surface area contributed by atoms with Crippen molar-refractivity contribution in [1.82, 2.24) is 20.9 Å². The molecule has 12 nitrogen and oxygen atoms in total. The predicted octanol–water partition coefficient (Wildman–Crippen LogP) is -0.997. The molecule has 0 radical (unpaired) electrons. The molecule has 3 unspecified atom stereocenters. The summed E-state index contributed by atoms with van der Waals surface area (Å²) in [5.74, 6) is -4.91. The first-order chi connectivity index (χ1) is 16.2. The standard InChI is InChI=1S/C21H27N5O7S/c22-8-17(27)24-14(5-6-18(28)29)19(30)26-16(10-34)20(31)25-15(21(32)33)7-11-9-23-13-4-2-1-3-12(11)13/h1-4,9,14-16,23,34H,5-8,10,22H2,(H,24,27)(H,25,31)(H,26,30)(H,28,29)(H,32,33).